The zero-order valence-electron chi connectivity index (χ0n) is 13.8. The molecule has 1 aromatic carbocycles. The lowest BCUT2D eigenvalue weighted by Gasteiger charge is -2.37. The lowest BCUT2D eigenvalue weighted by atomic mass is 9.86. The summed E-state index contributed by atoms with van der Waals surface area (Å²) in [5, 5.41) is 11.1. The molecule has 3 rings (SSSR count). The zero-order valence-corrected chi connectivity index (χ0v) is 13.8. The molecule has 1 aliphatic rings. The van der Waals surface area contributed by atoms with Gasteiger partial charge in [0.2, 0.25) is 0 Å². The molecular weight excluding hydrogens is 306 g/mol. The third-order valence-corrected chi connectivity index (χ3v) is 4.64. The van der Waals surface area contributed by atoms with Crippen molar-refractivity contribution in [1.29, 1.82) is 0 Å². The number of likely N-dealkylation sites (tertiary alicyclic amines) is 1. The SMILES string of the molecule is COc1ccc([C@@](C)(O)[C@@H]2CCCN2C(=O)c2cncnc2)cc1. The molecule has 6 heteroatoms. The van der Waals surface area contributed by atoms with Crippen molar-refractivity contribution in [3.05, 3.63) is 54.1 Å². The van der Waals surface area contributed by atoms with Crippen molar-refractivity contribution in [1.82, 2.24) is 14.9 Å². The average Bonchev–Trinajstić information content (AvgIpc) is 3.12. The van der Waals surface area contributed by atoms with Crippen molar-refractivity contribution < 1.29 is 14.6 Å². The summed E-state index contributed by atoms with van der Waals surface area (Å²) in [5.74, 6) is 0.585. The van der Waals surface area contributed by atoms with E-state index >= 15 is 0 Å². The Labute approximate surface area is 141 Å². The molecule has 0 saturated carbocycles. The number of carbonyl (C=O) groups excluding carboxylic acids is 1. The maximum Gasteiger partial charge on any atom is 0.257 e. The minimum Gasteiger partial charge on any atom is -0.497 e. The fraction of sp³-hybridized carbons (Fsp3) is 0.389. The highest BCUT2D eigenvalue weighted by molar-refractivity contribution is 5.94. The Morgan fingerprint density at radius 3 is 2.58 bits per heavy atom. The van der Waals surface area contributed by atoms with Gasteiger partial charge in [-0.2, -0.15) is 0 Å². The first-order chi connectivity index (χ1) is 11.5. The number of methoxy groups -OCH3 is 1. The minimum atomic E-state index is -1.14. The van der Waals surface area contributed by atoms with Crippen molar-refractivity contribution in [3.8, 4) is 5.75 Å². The number of nitrogens with zero attached hydrogens (tertiary/aromatic N) is 3. The number of aliphatic hydroxyl groups is 1. The Balaban J connectivity index is 1.87. The van der Waals surface area contributed by atoms with Crippen molar-refractivity contribution in [3.63, 3.8) is 0 Å². The smallest absolute Gasteiger partial charge is 0.257 e. The van der Waals surface area contributed by atoms with E-state index in [4.69, 9.17) is 4.74 Å². The fourth-order valence-corrected chi connectivity index (χ4v) is 3.29. The van der Waals surface area contributed by atoms with E-state index in [0.29, 0.717) is 12.1 Å². The van der Waals surface area contributed by atoms with Gasteiger partial charge in [0.15, 0.2) is 0 Å². The first-order valence-corrected chi connectivity index (χ1v) is 7.97. The second kappa shape index (κ2) is 6.57. The molecule has 6 nitrogen and oxygen atoms in total. The highest BCUT2D eigenvalue weighted by atomic mass is 16.5. The van der Waals surface area contributed by atoms with Crippen LogP contribution in [-0.2, 0) is 5.60 Å². The number of carbonyl (C=O) groups is 1. The maximum absolute atomic E-state index is 12.8. The third kappa shape index (κ3) is 2.97. The number of hydrogen-bond donors (Lipinski definition) is 1. The van der Waals surface area contributed by atoms with E-state index < -0.39 is 5.60 Å². The summed E-state index contributed by atoms with van der Waals surface area (Å²) in [6.07, 6.45) is 6.01. The molecule has 2 aromatic rings. The van der Waals surface area contributed by atoms with E-state index in [-0.39, 0.29) is 11.9 Å². The summed E-state index contributed by atoms with van der Waals surface area (Å²) in [7, 11) is 1.60. The molecule has 2 heterocycles. The monoisotopic (exact) mass is 327 g/mol. The van der Waals surface area contributed by atoms with E-state index in [1.165, 1.54) is 18.7 Å². The van der Waals surface area contributed by atoms with Crippen LogP contribution in [0.25, 0.3) is 0 Å². The lowest BCUT2D eigenvalue weighted by Crippen LogP contribution is -2.48. The number of hydrogen-bond acceptors (Lipinski definition) is 5. The summed E-state index contributed by atoms with van der Waals surface area (Å²) in [6, 6.07) is 7.02. The van der Waals surface area contributed by atoms with Crippen LogP contribution in [0.3, 0.4) is 0 Å². The molecule has 1 N–H and O–H groups in total. The van der Waals surface area contributed by atoms with E-state index in [1.54, 1.807) is 18.9 Å². The maximum atomic E-state index is 12.8. The molecule has 1 fully saturated rings. The Bertz CT molecular complexity index is 701. The Kier molecular flexibility index (Phi) is 4.49. The summed E-state index contributed by atoms with van der Waals surface area (Å²) < 4.78 is 5.16. The number of amides is 1. The minimum absolute atomic E-state index is 0.146. The highest BCUT2D eigenvalue weighted by Crippen LogP contribution is 2.36. The van der Waals surface area contributed by atoms with Crippen LogP contribution in [0.1, 0.15) is 35.7 Å². The van der Waals surface area contributed by atoms with Gasteiger partial charge in [0.1, 0.15) is 17.7 Å². The molecule has 24 heavy (non-hydrogen) atoms. The van der Waals surface area contributed by atoms with Crippen molar-refractivity contribution >= 4 is 5.91 Å². The normalized spacial score (nSPS) is 19.8. The van der Waals surface area contributed by atoms with Gasteiger partial charge in [0, 0.05) is 18.9 Å². The van der Waals surface area contributed by atoms with Gasteiger partial charge in [0.05, 0.1) is 18.7 Å². The molecule has 0 aliphatic carbocycles. The van der Waals surface area contributed by atoms with Gasteiger partial charge in [0.25, 0.3) is 5.91 Å². The molecule has 0 unspecified atom stereocenters. The molecule has 0 spiro atoms. The molecule has 2 atom stereocenters. The lowest BCUT2D eigenvalue weighted by molar-refractivity contribution is -0.0177. The van der Waals surface area contributed by atoms with Gasteiger partial charge in [-0.05, 0) is 37.5 Å². The average molecular weight is 327 g/mol. The number of rotatable bonds is 4. The number of benzene rings is 1. The summed E-state index contributed by atoms with van der Waals surface area (Å²) in [4.78, 5) is 22.3. The van der Waals surface area contributed by atoms with Crippen molar-refractivity contribution in [2.24, 2.45) is 0 Å². The van der Waals surface area contributed by atoms with E-state index in [9.17, 15) is 9.90 Å². The Morgan fingerprint density at radius 1 is 1.29 bits per heavy atom. The highest BCUT2D eigenvalue weighted by Gasteiger charge is 2.42. The van der Waals surface area contributed by atoms with Gasteiger partial charge in [-0.15, -0.1) is 0 Å². The predicted molar refractivity (Wildman–Crippen MR) is 88.7 cm³/mol. The molecule has 1 aromatic heterocycles. The van der Waals surface area contributed by atoms with Crippen molar-refractivity contribution in [2.75, 3.05) is 13.7 Å². The second-order valence-electron chi connectivity index (χ2n) is 6.16. The summed E-state index contributed by atoms with van der Waals surface area (Å²) >= 11 is 0. The van der Waals surface area contributed by atoms with Crippen LogP contribution in [0.15, 0.2) is 43.0 Å². The third-order valence-electron chi connectivity index (χ3n) is 4.64. The first-order valence-electron chi connectivity index (χ1n) is 7.97. The fourth-order valence-electron chi connectivity index (χ4n) is 3.29. The molecule has 0 radical (unpaired) electrons. The second-order valence-corrected chi connectivity index (χ2v) is 6.16. The standard InChI is InChI=1S/C18H21N3O3/c1-18(23,14-5-7-15(24-2)8-6-14)16-4-3-9-21(16)17(22)13-10-19-12-20-11-13/h5-8,10-12,16,23H,3-4,9H2,1-2H3/t16-,18+/m0/s1. The van der Waals surface area contributed by atoms with Crippen LogP contribution < -0.4 is 4.74 Å². The van der Waals surface area contributed by atoms with Gasteiger partial charge < -0.3 is 14.7 Å². The summed E-state index contributed by atoms with van der Waals surface area (Å²) in [5.41, 5.74) is 0.0564. The van der Waals surface area contributed by atoms with Crippen LogP contribution in [0.4, 0.5) is 0 Å². The quantitative estimate of drug-likeness (QED) is 0.929. The number of ether oxygens (including phenoxy) is 1. The molecule has 1 saturated heterocycles. The predicted octanol–water partition coefficient (Wildman–Crippen LogP) is 2.00. The van der Waals surface area contributed by atoms with E-state index in [0.717, 1.165) is 24.2 Å². The number of aromatic nitrogens is 2. The van der Waals surface area contributed by atoms with Crippen LogP contribution in [-0.4, -0.2) is 45.6 Å². The van der Waals surface area contributed by atoms with E-state index in [2.05, 4.69) is 9.97 Å². The van der Waals surface area contributed by atoms with Gasteiger partial charge in [-0.25, -0.2) is 9.97 Å². The Hall–Kier alpha value is -2.47. The topological polar surface area (TPSA) is 75.6 Å². The van der Waals surface area contributed by atoms with E-state index in [1.807, 2.05) is 24.3 Å². The van der Waals surface area contributed by atoms with Crippen molar-refractivity contribution in [2.45, 2.75) is 31.4 Å². The van der Waals surface area contributed by atoms with Crippen LogP contribution in [0, 0.1) is 0 Å². The van der Waals surface area contributed by atoms with Crippen LogP contribution in [0.2, 0.25) is 0 Å². The van der Waals surface area contributed by atoms with Crippen LogP contribution in [0.5, 0.6) is 5.75 Å². The van der Waals surface area contributed by atoms with Gasteiger partial charge in [-0.3, -0.25) is 4.79 Å². The molecule has 0 bridgehead atoms. The largest absolute Gasteiger partial charge is 0.497 e. The van der Waals surface area contributed by atoms with Gasteiger partial charge in [-0.1, -0.05) is 12.1 Å². The summed E-state index contributed by atoms with van der Waals surface area (Å²) in [6.45, 7) is 2.37. The molecule has 126 valence electrons. The molecular formula is C18H21N3O3. The van der Waals surface area contributed by atoms with Crippen LogP contribution >= 0.6 is 0 Å². The molecule has 1 aliphatic heterocycles. The zero-order chi connectivity index (χ0) is 17.2. The Morgan fingerprint density at radius 2 is 1.96 bits per heavy atom. The first kappa shape index (κ1) is 16.4. The molecule has 1 amide bonds. The van der Waals surface area contributed by atoms with Gasteiger partial charge >= 0.3 is 0 Å².